The topological polar surface area (TPSA) is 108 Å². The van der Waals surface area contributed by atoms with Crippen molar-refractivity contribution in [3.63, 3.8) is 0 Å². The van der Waals surface area contributed by atoms with Gasteiger partial charge in [0.2, 0.25) is 0 Å². The molecule has 2 heterocycles. The molecule has 126 valence electrons. The molecule has 1 amide bonds. The number of aliphatic hydroxyl groups excluding tert-OH is 1. The van der Waals surface area contributed by atoms with Crippen LogP contribution in [0.25, 0.3) is 10.9 Å². The van der Waals surface area contributed by atoms with Crippen molar-refractivity contribution < 1.29 is 15.0 Å². The molecule has 0 saturated carbocycles. The van der Waals surface area contributed by atoms with E-state index >= 15 is 0 Å². The number of carbonyl (C=O) groups is 1. The number of nitrogens with one attached hydrogen (secondary N) is 1. The predicted octanol–water partition coefficient (Wildman–Crippen LogP) is 1.90. The first-order valence-electron chi connectivity index (χ1n) is 7.57. The van der Waals surface area contributed by atoms with Gasteiger partial charge in [-0.15, -0.1) is 0 Å². The number of benzene rings is 1. The molecule has 3 N–H and O–H groups in total. The second-order valence-corrected chi connectivity index (χ2v) is 5.36. The van der Waals surface area contributed by atoms with Crippen LogP contribution >= 0.6 is 0 Å². The van der Waals surface area contributed by atoms with Gasteiger partial charge in [-0.3, -0.25) is 14.8 Å². The minimum atomic E-state index is -0.398. The maximum absolute atomic E-state index is 12.4. The van der Waals surface area contributed by atoms with Crippen molar-refractivity contribution in [3.8, 4) is 5.75 Å². The Hall–Kier alpha value is -3.32. The zero-order chi connectivity index (χ0) is 17.8. The second kappa shape index (κ2) is 7.06. The molecule has 0 atom stereocenters. The van der Waals surface area contributed by atoms with E-state index in [1.165, 1.54) is 12.4 Å². The third-order valence-corrected chi connectivity index (χ3v) is 3.78. The zero-order valence-corrected chi connectivity index (χ0v) is 13.5. The summed E-state index contributed by atoms with van der Waals surface area (Å²) in [6.07, 6.45) is 4.30. The predicted molar refractivity (Wildman–Crippen MR) is 93.4 cm³/mol. The molecule has 7 heteroatoms. The first kappa shape index (κ1) is 16.5. The number of pyridine rings is 2. The molecule has 0 bridgehead atoms. The third kappa shape index (κ3) is 3.31. The molecule has 0 unspecified atom stereocenters. The minimum Gasteiger partial charge on any atom is -0.505 e. The fourth-order valence-electron chi connectivity index (χ4n) is 2.43. The molecule has 0 saturated heterocycles. The van der Waals surface area contributed by atoms with Gasteiger partial charge < -0.3 is 10.2 Å². The van der Waals surface area contributed by atoms with Crippen LogP contribution in [0.5, 0.6) is 5.75 Å². The van der Waals surface area contributed by atoms with Gasteiger partial charge in [0.05, 0.1) is 29.6 Å². The molecule has 0 fully saturated rings. The van der Waals surface area contributed by atoms with Crippen LogP contribution in [0, 0.1) is 6.92 Å². The molecule has 0 aliphatic heterocycles. The Balaban J connectivity index is 1.85. The van der Waals surface area contributed by atoms with Gasteiger partial charge in [-0.05, 0) is 19.1 Å². The van der Waals surface area contributed by atoms with E-state index in [0.29, 0.717) is 27.9 Å². The SMILES string of the molecule is Cc1ncc(CO)c(/C=N/NC(=O)c2ccnc3ccccc23)c1O. The number of aromatic nitrogens is 2. The highest BCUT2D eigenvalue weighted by Gasteiger charge is 2.11. The molecule has 2 aromatic heterocycles. The van der Waals surface area contributed by atoms with Crippen LogP contribution in [0.15, 0.2) is 47.8 Å². The molecule has 0 aliphatic rings. The van der Waals surface area contributed by atoms with Crippen LogP contribution in [0.2, 0.25) is 0 Å². The number of rotatable bonds is 4. The lowest BCUT2D eigenvalue weighted by atomic mass is 10.1. The van der Waals surface area contributed by atoms with Gasteiger partial charge in [0.1, 0.15) is 5.75 Å². The van der Waals surface area contributed by atoms with Crippen LogP contribution in [0.1, 0.15) is 27.2 Å². The Morgan fingerprint density at radius 1 is 1.28 bits per heavy atom. The standard InChI is InChI=1S/C18H16N4O3/c1-11-17(24)15(12(10-23)8-20-11)9-21-22-18(25)14-6-7-19-16-5-3-2-4-13(14)16/h2-9,23-24H,10H2,1H3,(H,22,25)/b21-9+. The molecule has 0 spiro atoms. The summed E-state index contributed by atoms with van der Waals surface area (Å²) in [5.74, 6) is -0.482. The van der Waals surface area contributed by atoms with Crippen molar-refractivity contribution >= 4 is 23.0 Å². The lowest BCUT2D eigenvalue weighted by molar-refractivity contribution is 0.0956. The van der Waals surface area contributed by atoms with Crippen LogP contribution < -0.4 is 5.43 Å². The highest BCUT2D eigenvalue weighted by molar-refractivity contribution is 6.06. The van der Waals surface area contributed by atoms with E-state index in [9.17, 15) is 15.0 Å². The van der Waals surface area contributed by atoms with E-state index in [1.54, 1.807) is 19.2 Å². The van der Waals surface area contributed by atoms with Crippen LogP contribution in [0.4, 0.5) is 0 Å². The van der Waals surface area contributed by atoms with E-state index in [-0.39, 0.29) is 12.4 Å². The normalized spacial score (nSPS) is 11.1. The number of aryl methyl sites for hydroxylation is 1. The van der Waals surface area contributed by atoms with E-state index in [4.69, 9.17) is 0 Å². The molecule has 0 radical (unpaired) electrons. The van der Waals surface area contributed by atoms with Crippen molar-refractivity contribution in [1.29, 1.82) is 0 Å². The number of hydrogen-bond donors (Lipinski definition) is 3. The van der Waals surface area contributed by atoms with Crippen LogP contribution in [-0.2, 0) is 6.61 Å². The molecule has 0 aliphatic carbocycles. The molecule has 7 nitrogen and oxygen atoms in total. The first-order chi connectivity index (χ1) is 12.1. The van der Waals surface area contributed by atoms with Gasteiger partial charge in [-0.25, -0.2) is 5.43 Å². The summed E-state index contributed by atoms with van der Waals surface area (Å²) in [6.45, 7) is 1.33. The zero-order valence-electron chi connectivity index (χ0n) is 13.5. The number of carbonyl (C=O) groups excluding carboxylic acids is 1. The van der Waals surface area contributed by atoms with E-state index in [2.05, 4.69) is 20.5 Å². The number of para-hydroxylation sites is 1. The fraction of sp³-hybridized carbons (Fsp3) is 0.111. The monoisotopic (exact) mass is 336 g/mol. The van der Waals surface area contributed by atoms with Crippen molar-refractivity contribution in [2.24, 2.45) is 5.10 Å². The average Bonchev–Trinajstić information content (AvgIpc) is 2.64. The van der Waals surface area contributed by atoms with E-state index < -0.39 is 5.91 Å². The van der Waals surface area contributed by atoms with Gasteiger partial charge in [-0.2, -0.15) is 5.10 Å². The molecular weight excluding hydrogens is 320 g/mol. The maximum atomic E-state index is 12.4. The highest BCUT2D eigenvalue weighted by atomic mass is 16.3. The summed E-state index contributed by atoms with van der Waals surface area (Å²) in [5.41, 5.74) is 4.72. The highest BCUT2D eigenvalue weighted by Crippen LogP contribution is 2.22. The fourth-order valence-corrected chi connectivity index (χ4v) is 2.43. The average molecular weight is 336 g/mol. The summed E-state index contributed by atoms with van der Waals surface area (Å²) in [6, 6.07) is 8.92. The van der Waals surface area contributed by atoms with Crippen molar-refractivity contribution in [3.05, 3.63) is 65.1 Å². The number of nitrogens with zero attached hydrogens (tertiary/aromatic N) is 3. The lowest BCUT2D eigenvalue weighted by Crippen LogP contribution is -2.18. The molecule has 25 heavy (non-hydrogen) atoms. The maximum Gasteiger partial charge on any atom is 0.272 e. The third-order valence-electron chi connectivity index (χ3n) is 3.78. The number of aliphatic hydroxyl groups is 1. The Morgan fingerprint density at radius 2 is 2.08 bits per heavy atom. The molecular formula is C18H16N4O3. The van der Waals surface area contributed by atoms with Gasteiger partial charge in [0.15, 0.2) is 0 Å². The molecule has 1 aromatic carbocycles. The first-order valence-corrected chi connectivity index (χ1v) is 7.57. The van der Waals surface area contributed by atoms with E-state index in [0.717, 1.165) is 5.39 Å². The largest absolute Gasteiger partial charge is 0.505 e. The molecule has 3 rings (SSSR count). The van der Waals surface area contributed by atoms with Crippen molar-refractivity contribution in [1.82, 2.24) is 15.4 Å². The summed E-state index contributed by atoms with van der Waals surface area (Å²) < 4.78 is 0. The number of aromatic hydroxyl groups is 1. The van der Waals surface area contributed by atoms with Gasteiger partial charge in [0.25, 0.3) is 5.91 Å². The van der Waals surface area contributed by atoms with Gasteiger partial charge in [-0.1, -0.05) is 18.2 Å². The van der Waals surface area contributed by atoms with Gasteiger partial charge in [0, 0.05) is 28.9 Å². The Labute approximate surface area is 143 Å². The van der Waals surface area contributed by atoms with E-state index in [1.807, 2.05) is 24.3 Å². The smallest absolute Gasteiger partial charge is 0.272 e. The number of hydrogen-bond acceptors (Lipinski definition) is 6. The Kier molecular flexibility index (Phi) is 4.67. The summed E-state index contributed by atoms with van der Waals surface area (Å²) >= 11 is 0. The summed E-state index contributed by atoms with van der Waals surface area (Å²) in [4.78, 5) is 20.6. The van der Waals surface area contributed by atoms with Crippen LogP contribution in [-0.4, -0.2) is 32.3 Å². The number of fused-ring (bicyclic) bond motifs is 1. The summed E-state index contributed by atoms with van der Waals surface area (Å²) in [7, 11) is 0. The van der Waals surface area contributed by atoms with Crippen molar-refractivity contribution in [2.45, 2.75) is 13.5 Å². The quantitative estimate of drug-likeness (QED) is 0.498. The second-order valence-electron chi connectivity index (χ2n) is 5.36. The molecule has 3 aromatic rings. The van der Waals surface area contributed by atoms with Crippen molar-refractivity contribution in [2.75, 3.05) is 0 Å². The Morgan fingerprint density at radius 3 is 2.88 bits per heavy atom. The number of hydrazone groups is 1. The summed E-state index contributed by atoms with van der Waals surface area (Å²) in [5, 5.41) is 24.0. The lowest BCUT2D eigenvalue weighted by Gasteiger charge is -2.07. The van der Waals surface area contributed by atoms with Crippen LogP contribution in [0.3, 0.4) is 0 Å². The van der Waals surface area contributed by atoms with Gasteiger partial charge >= 0.3 is 0 Å². The minimum absolute atomic E-state index is 0.0843. The Bertz CT molecular complexity index is 964. The number of amides is 1.